The largest absolute Gasteiger partial charge is 0.379 e. The maximum absolute atomic E-state index is 11.4. The first kappa shape index (κ1) is 15.1. The number of hydrogen-bond acceptors (Lipinski definition) is 4. The van der Waals surface area contributed by atoms with Gasteiger partial charge in [0.15, 0.2) is 9.84 Å². The van der Waals surface area contributed by atoms with E-state index in [1.807, 2.05) is 18.7 Å². The van der Waals surface area contributed by atoms with Crippen molar-refractivity contribution in [2.45, 2.75) is 18.4 Å². The number of hydrogen-bond donors (Lipinski definition) is 1. The molecule has 0 unspecified atom stereocenters. The van der Waals surface area contributed by atoms with Crippen molar-refractivity contribution in [3.05, 3.63) is 40.1 Å². The minimum Gasteiger partial charge on any atom is -0.379 e. The van der Waals surface area contributed by atoms with Crippen molar-refractivity contribution in [1.82, 2.24) is 9.78 Å². The molecular formula is C13H16BrN3O2S. The van der Waals surface area contributed by atoms with Gasteiger partial charge in [-0.1, -0.05) is 0 Å². The normalized spacial score (nSPS) is 11.6. The lowest BCUT2D eigenvalue weighted by Gasteiger charge is -2.08. The molecule has 0 aliphatic rings. The van der Waals surface area contributed by atoms with E-state index in [0.29, 0.717) is 11.4 Å². The van der Waals surface area contributed by atoms with Crippen LogP contribution in [0.25, 0.3) is 0 Å². The molecule has 0 aliphatic carbocycles. The molecule has 0 fully saturated rings. The van der Waals surface area contributed by atoms with Gasteiger partial charge in [0.1, 0.15) is 0 Å². The van der Waals surface area contributed by atoms with E-state index in [2.05, 4.69) is 26.3 Å². The highest BCUT2D eigenvalue weighted by Crippen LogP contribution is 2.21. The van der Waals surface area contributed by atoms with Crippen LogP contribution >= 0.6 is 15.9 Å². The van der Waals surface area contributed by atoms with Crippen molar-refractivity contribution >= 4 is 31.5 Å². The first-order valence-electron chi connectivity index (χ1n) is 6.01. The SMILES string of the molecule is Cc1nn(C)c(CNc2ccc(S(C)(=O)=O)cc2)c1Br. The maximum Gasteiger partial charge on any atom is 0.175 e. The zero-order valence-corrected chi connectivity index (χ0v) is 13.9. The predicted octanol–water partition coefficient (Wildman–Crippen LogP) is 2.51. The van der Waals surface area contributed by atoms with Gasteiger partial charge in [-0.05, 0) is 47.1 Å². The number of nitrogens with one attached hydrogen (secondary N) is 1. The van der Waals surface area contributed by atoms with Crippen molar-refractivity contribution < 1.29 is 8.42 Å². The van der Waals surface area contributed by atoms with Crippen molar-refractivity contribution in [3.8, 4) is 0 Å². The summed E-state index contributed by atoms with van der Waals surface area (Å²) in [5.41, 5.74) is 2.84. The summed E-state index contributed by atoms with van der Waals surface area (Å²) in [5.74, 6) is 0. The summed E-state index contributed by atoms with van der Waals surface area (Å²) in [6.45, 7) is 2.55. The highest BCUT2D eigenvalue weighted by Gasteiger charge is 2.10. The van der Waals surface area contributed by atoms with Crippen LogP contribution in [0.1, 0.15) is 11.4 Å². The Morgan fingerprint density at radius 1 is 1.30 bits per heavy atom. The summed E-state index contributed by atoms with van der Waals surface area (Å²) in [7, 11) is -1.26. The number of aryl methyl sites for hydroxylation is 2. The molecule has 0 amide bonds. The third-order valence-electron chi connectivity index (χ3n) is 3.00. The van der Waals surface area contributed by atoms with Gasteiger partial charge < -0.3 is 5.32 Å². The number of halogens is 1. The van der Waals surface area contributed by atoms with E-state index in [1.54, 1.807) is 24.3 Å². The minimum atomic E-state index is -3.15. The Morgan fingerprint density at radius 2 is 1.90 bits per heavy atom. The van der Waals surface area contributed by atoms with E-state index in [1.165, 1.54) is 6.26 Å². The summed E-state index contributed by atoms with van der Waals surface area (Å²) in [4.78, 5) is 0.320. The molecule has 2 aromatic rings. The molecular weight excluding hydrogens is 342 g/mol. The van der Waals surface area contributed by atoms with E-state index >= 15 is 0 Å². The maximum atomic E-state index is 11.4. The van der Waals surface area contributed by atoms with E-state index in [0.717, 1.165) is 21.5 Å². The third kappa shape index (κ3) is 3.21. The lowest BCUT2D eigenvalue weighted by Crippen LogP contribution is -2.06. The van der Waals surface area contributed by atoms with Crippen molar-refractivity contribution in [2.75, 3.05) is 11.6 Å². The molecule has 7 heteroatoms. The fraction of sp³-hybridized carbons (Fsp3) is 0.308. The molecule has 1 N–H and O–H groups in total. The second kappa shape index (κ2) is 5.57. The Kier molecular flexibility index (Phi) is 4.19. The van der Waals surface area contributed by atoms with Gasteiger partial charge in [0.2, 0.25) is 0 Å². The van der Waals surface area contributed by atoms with Crippen LogP contribution in [0.2, 0.25) is 0 Å². The number of nitrogens with zero attached hydrogens (tertiary/aromatic N) is 2. The summed E-state index contributed by atoms with van der Waals surface area (Å²) in [5, 5.41) is 7.57. The summed E-state index contributed by atoms with van der Waals surface area (Å²) in [6, 6.07) is 6.71. The van der Waals surface area contributed by atoms with Gasteiger partial charge in [-0.25, -0.2) is 8.42 Å². The third-order valence-corrected chi connectivity index (χ3v) is 5.16. The molecule has 0 aliphatic heterocycles. The van der Waals surface area contributed by atoms with Crippen molar-refractivity contribution in [2.24, 2.45) is 7.05 Å². The van der Waals surface area contributed by atoms with E-state index in [9.17, 15) is 8.42 Å². The van der Waals surface area contributed by atoms with Gasteiger partial charge >= 0.3 is 0 Å². The predicted molar refractivity (Wildman–Crippen MR) is 82.5 cm³/mol. The van der Waals surface area contributed by atoms with Crippen LogP contribution in [-0.4, -0.2) is 24.5 Å². The van der Waals surface area contributed by atoms with Crippen LogP contribution in [0, 0.1) is 6.92 Å². The van der Waals surface area contributed by atoms with Gasteiger partial charge in [0.05, 0.1) is 27.3 Å². The van der Waals surface area contributed by atoms with Crippen molar-refractivity contribution in [1.29, 1.82) is 0 Å². The highest BCUT2D eigenvalue weighted by atomic mass is 79.9. The first-order valence-corrected chi connectivity index (χ1v) is 8.69. The molecule has 0 saturated heterocycles. The molecule has 0 bridgehead atoms. The second-order valence-electron chi connectivity index (χ2n) is 4.62. The number of sulfone groups is 1. The van der Waals surface area contributed by atoms with Crippen LogP contribution in [0.5, 0.6) is 0 Å². The number of aromatic nitrogens is 2. The Bertz CT molecular complexity index is 721. The molecule has 0 spiro atoms. The topological polar surface area (TPSA) is 64.0 Å². The lowest BCUT2D eigenvalue weighted by atomic mass is 10.3. The minimum absolute atomic E-state index is 0.320. The molecule has 20 heavy (non-hydrogen) atoms. The van der Waals surface area contributed by atoms with E-state index < -0.39 is 9.84 Å². The molecule has 1 aromatic carbocycles. The molecule has 1 aromatic heterocycles. The molecule has 1 heterocycles. The van der Waals surface area contributed by atoms with Gasteiger partial charge in [-0.3, -0.25) is 4.68 Å². The fourth-order valence-corrected chi connectivity index (χ4v) is 2.98. The molecule has 0 radical (unpaired) electrons. The Morgan fingerprint density at radius 3 is 2.35 bits per heavy atom. The first-order chi connectivity index (χ1) is 9.29. The Labute approximate surface area is 127 Å². The van der Waals surface area contributed by atoms with Gasteiger partial charge in [-0.15, -0.1) is 0 Å². The number of rotatable bonds is 4. The summed E-state index contributed by atoms with van der Waals surface area (Å²) in [6.07, 6.45) is 1.20. The van der Waals surface area contributed by atoms with Crippen molar-refractivity contribution in [3.63, 3.8) is 0 Å². The van der Waals surface area contributed by atoms with Gasteiger partial charge in [0, 0.05) is 19.0 Å². The van der Waals surface area contributed by atoms with Gasteiger partial charge in [-0.2, -0.15) is 5.10 Å². The average Bonchev–Trinajstić information content (AvgIpc) is 2.61. The monoisotopic (exact) mass is 357 g/mol. The lowest BCUT2D eigenvalue weighted by molar-refractivity contribution is 0.602. The molecule has 108 valence electrons. The smallest absolute Gasteiger partial charge is 0.175 e. The summed E-state index contributed by atoms with van der Waals surface area (Å²) >= 11 is 3.51. The molecule has 0 atom stereocenters. The van der Waals surface area contributed by atoms with Crippen LogP contribution < -0.4 is 5.32 Å². The van der Waals surface area contributed by atoms with Crippen LogP contribution in [0.15, 0.2) is 33.6 Å². The fourth-order valence-electron chi connectivity index (χ4n) is 1.88. The van der Waals surface area contributed by atoms with E-state index in [4.69, 9.17) is 0 Å². The van der Waals surface area contributed by atoms with Crippen LogP contribution in [-0.2, 0) is 23.4 Å². The molecule has 2 rings (SSSR count). The quantitative estimate of drug-likeness (QED) is 0.912. The van der Waals surface area contributed by atoms with Crippen LogP contribution in [0.4, 0.5) is 5.69 Å². The number of anilines is 1. The summed E-state index contributed by atoms with van der Waals surface area (Å²) < 4.78 is 25.6. The number of benzene rings is 1. The zero-order chi connectivity index (χ0) is 14.9. The zero-order valence-electron chi connectivity index (χ0n) is 11.5. The standard InChI is InChI=1S/C13H16BrN3O2S/c1-9-13(14)12(17(2)16-9)8-15-10-4-6-11(7-5-10)20(3,18)19/h4-7,15H,8H2,1-3H3. The highest BCUT2D eigenvalue weighted by molar-refractivity contribution is 9.10. The van der Waals surface area contributed by atoms with E-state index in [-0.39, 0.29) is 0 Å². The molecule has 0 saturated carbocycles. The second-order valence-corrected chi connectivity index (χ2v) is 7.43. The Hall–Kier alpha value is -1.34. The van der Waals surface area contributed by atoms with Crippen LogP contribution in [0.3, 0.4) is 0 Å². The average molecular weight is 358 g/mol. The molecule has 5 nitrogen and oxygen atoms in total. The Balaban J connectivity index is 2.12. The van der Waals surface area contributed by atoms with Gasteiger partial charge in [0.25, 0.3) is 0 Å².